The number of ketones is 1. The van der Waals surface area contributed by atoms with Gasteiger partial charge in [-0.05, 0) is 56.3 Å². The first-order chi connectivity index (χ1) is 12.3. The van der Waals surface area contributed by atoms with Gasteiger partial charge in [0.1, 0.15) is 24.1 Å². The molecule has 0 unspecified atom stereocenters. The minimum Gasteiger partial charge on any atom is -0.463 e. The predicted molar refractivity (Wildman–Crippen MR) is 102 cm³/mol. The molecule has 1 heterocycles. The Morgan fingerprint density at radius 3 is 2.52 bits per heavy atom. The van der Waals surface area contributed by atoms with Gasteiger partial charge < -0.3 is 14.6 Å². The number of ether oxygens (including phenoxy) is 2. The van der Waals surface area contributed by atoms with Crippen LogP contribution in [0.4, 0.5) is 0 Å². The van der Waals surface area contributed by atoms with E-state index in [-0.39, 0.29) is 35.6 Å². The van der Waals surface area contributed by atoms with Crippen molar-refractivity contribution in [3.63, 3.8) is 0 Å². The van der Waals surface area contributed by atoms with Gasteiger partial charge in [-0.25, -0.2) is 0 Å². The number of carbonyl (C=O) groups excluding carboxylic acids is 2. The number of hydrogen-bond donors (Lipinski definition) is 1. The highest BCUT2D eigenvalue weighted by molar-refractivity contribution is 5.85. The minimum absolute atomic E-state index is 0.0615. The first-order valence-corrected chi connectivity index (χ1v) is 10.4. The van der Waals surface area contributed by atoms with E-state index in [1.807, 2.05) is 0 Å². The lowest BCUT2D eigenvalue weighted by atomic mass is 9.44. The number of fused-ring (bicyclic) bond motifs is 3. The zero-order valence-electron chi connectivity index (χ0n) is 17.8. The monoisotopic (exact) mass is 380 g/mol. The van der Waals surface area contributed by atoms with Crippen LogP contribution in [0.25, 0.3) is 0 Å². The lowest BCUT2D eigenvalue weighted by Gasteiger charge is -2.64. The Kier molecular flexibility index (Phi) is 5.04. The van der Waals surface area contributed by atoms with E-state index in [1.165, 1.54) is 13.3 Å². The van der Waals surface area contributed by atoms with Gasteiger partial charge in [0.15, 0.2) is 0 Å². The summed E-state index contributed by atoms with van der Waals surface area (Å²) in [4.78, 5) is 24.6. The molecule has 154 valence electrons. The summed E-state index contributed by atoms with van der Waals surface area (Å²) < 4.78 is 11.5. The minimum atomic E-state index is -1.02. The van der Waals surface area contributed by atoms with E-state index in [2.05, 4.69) is 27.7 Å². The SMILES string of the molecule is CC(=O)OC[C@H](O)[C@]1(C)CC(=O)[C@@H]2[C@@]3(C)CCCC(C)(C)[C@@H]3CC[C@@]2(C)O1. The average Bonchev–Trinajstić information content (AvgIpc) is 2.49. The summed E-state index contributed by atoms with van der Waals surface area (Å²) >= 11 is 0. The first-order valence-electron chi connectivity index (χ1n) is 10.4. The smallest absolute Gasteiger partial charge is 0.302 e. The van der Waals surface area contributed by atoms with Crippen LogP contribution in [0.15, 0.2) is 0 Å². The molecule has 0 bridgehead atoms. The molecular formula is C22H36O5. The maximum absolute atomic E-state index is 13.5. The van der Waals surface area contributed by atoms with Crippen molar-refractivity contribution in [2.45, 2.75) is 97.4 Å². The fourth-order valence-corrected chi connectivity index (χ4v) is 6.90. The first kappa shape index (κ1) is 20.8. The molecule has 0 aromatic heterocycles. The van der Waals surface area contributed by atoms with Gasteiger partial charge in [0.25, 0.3) is 0 Å². The summed E-state index contributed by atoms with van der Waals surface area (Å²) in [5.74, 6) is 0.122. The molecule has 1 N–H and O–H groups in total. The van der Waals surface area contributed by atoms with Gasteiger partial charge in [0.05, 0.1) is 11.5 Å². The normalized spacial score (nSPS) is 44.8. The van der Waals surface area contributed by atoms with Crippen molar-refractivity contribution in [2.75, 3.05) is 6.61 Å². The Morgan fingerprint density at radius 1 is 1.22 bits per heavy atom. The van der Waals surface area contributed by atoms with E-state index in [4.69, 9.17) is 9.47 Å². The van der Waals surface area contributed by atoms with Crippen LogP contribution in [0.1, 0.15) is 80.1 Å². The molecule has 0 aromatic rings. The summed E-state index contributed by atoms with van der Waals surface area (Å²) in [6.07, 6.45) is 4.43. The molecule has 0 radical (unpaired) electrons. The van der Waals surface area contributed by atoms with Crippen molar-refractivity contribution >= 4 is 11.8 Å². The molecule has 0 aromatic carbocycles. The summed E-state index contributed by atoms with van der Waals surface area (Å²) in [6, 6.07) is 0. The maximum atomic E-state index is 13.5. The van der Waals surface area contributed by atoms with Crippen LogP contribution in [0.5, 0.6) is 0 Å². The lowest BCUT2D eigenvalue weighted by molar-refractivity contribution is -0.272. The molecule has 3 aliphatic rings. The fourth-order valence-electron chi connectivity index (χ4n) is 6.90. The van der Waals surface area contributed by atoms with Crippen molar-refractivity contribution in [1.82, 2.24) is 0 Å². The molecule has 3 fully saturated rings. The van der Waals surface area contributed by atoms with Crippen molar-refractivity contribution < 1.29 is 24.2 Å². The Labute approximate surface area is 163 Å². The van der Waals surface area contributed by atoms with Crippen molar-refractivity contribution in [3.8, 4) is 0 Å². The van der Waals surface area contributed by atoms with Crippen LogP contribution in [0, 0.1) is 22.7 Å². The summed E-state index contributed by atoms with van der Waals surface area (Å²) in [5, 5.41) is 10.6. The molecular weight excluding hydrogens is 344 g/mol. The van der Waals surface area contributed by atoms with Gasteiger partial charge in [-0.2, -0.15) is 0 Å². The molecule has 2 aliphatic carbocycles. The van der Waals surface area contributed by atoms with Gasteiger partial charge in [0, 0.05) is 13.3 Å². The quantitative estimate of drug-likeness (QED) is 0.757. The molecule has 27 heavy (non-hydrogen) atoms. The molecule has 1 saturated heterocycles. The van der Waals surface area contributed by atoms with Gasteiger partial charge in [0.2, 0.25) is 0 Å². The largest absolute Gasteiger partial charge is 0.463 e. The van der Waals surface area contributed by atoms with E-state index >= 15 is 0 Å². The Morgan fingerprint density at radius 2 is 1.89 bits per heavy atom. The van der Waals surface area contributed by atoms with E-state index in [0.717, 1.165) is 25.7 Å². The van der Waals surface area contributed by atoms with Crippen LogP contribution in [-0.4, -0.2) is 40.8 Å². The second kappa shape index (κ2) is 6.55. The fraction of sp³-hybridized carbons (Fsp3) is 0.909. The zero-order chi connectivity index (χ0) is 20.3. The molecule has 5 heteroatoms. The van der Waals surface area contributed by atoms with E-state index in [9.17, 15) is 14.7 Å². The van der Waals surface area contributed by atoms with Gasteiger partial charge >= 0.3 is 5.97 Å². The summed E-state index contributed by atoms with van der Waals surface area (Å²) in [6.45, 7) is 12.0. The lowest BCUT2D eigenvalue weighted by Crippen LogP contribution is -2.68. The van der Waals surface area contributed by atoms with E-state index < -0.39 is 23.3 Å². The van der Waals surface area contributed by atoms with Crippen LogP contribution < -0.4 is 0 Å². The second-order valence-electron chi connectivity index (χ2n) is 10.6. The standard InChI is InChI=1S/C22H36O5/c1-14(23)26-13-17(25)22(6)12-15(24)18-20(4)10-7-9-19(2,3)16(20)8-11-21(18,5)27-22/h16-18,25H,7-13H2,1-6H3/t16-,17-,18+,20-,21+,22-/m0/s1. The number of rotatable bonds is 3. The maximum Gasteiger partial charge on any atom is 0.302 e. The van der Waals surface area contributed by atoms with E-state index in [0.29, 0.717) is 5.92 Å². The van der Waals surface area contributed by atoms with Crippen molar-refractivity contribution in [3.05, 3.63) is 0 Å². The van der Waals surface area contributed by atoms with Crippen LogP contribution in [0.2, 0.25) is 0 Å². The predicted octanol–water partition coefficient (Wildman–Crippen LogP) is 3.66. The van der Waals surface area contributed by atoms with E-state index in [1.54, 1.807) is 6.92 Å². The number of aliphatic hydroxyl groups is 1. The molecule has 0 amide bonds. The third-order valence-electron chi connectivity index (χ3n) is 7.94. The topological polar surface area (TPSA) is 72.8 Å². The number of esters is 1. The molecule has 5 nitrogen and oxygen atoms in total. The van der Waals surface area contributed by atoms with Crippen molar-refractivity contribution in [1.29, 1.82) is 0 Å². The average molecular weight is 381 g/mol. The van der Waals surface area contributed by atoms with Gasteiger partial charge in [-0.15, -0.1) is 0 Å². The molecule has 6 atom stereocenters. The van der Waals surface area contributed by atoms with Crippen LogP contribution in [0.3, 0.4) is 0 Å². The van der Waals surface area contributed by atoms with Gasteiger partial charge in [-0.1, -0.05) is 27.2 Å². The Bertz CT molecular complexity index is 628. The Balaban J connectivity index is 1.89. The molecule has 3 rings (SSSR count). The Hall–Kier alpha value is -0.940. The second-order valence-corrected chi connectivity index (χ2v) is 10.6. The van der Waals surface area contributed by atoms with Gasteiger partial charge in [-0.3, -0.25) is 9.59 Å². The number of hydrogen-bond acceptors (Lipinski definition) is 5. The third-order valence-corrected chi connectivity index (χ3v) is 7.94. The van der Waals surface area contributed by atoms with Crippen LogP contribution in [-0.2, 0) is 19.1 Å². The highest BCUT2D eigenvalue weighted by Crippen LogP contribution is 2.64. The highest BCUT2D eigenvalue weighted by atomic mass is 16.6. The van der Waals surface area contributed by atoms with Crippen molar-refractivity contribution in [2.24, 2.45) is 22.7 Å². The van der Waals surface area contributed by atoms with Crippen LogP contribution >= 0.6 is 0 Å². The number of Topliss-reactive ketones (excluding diaryl/α,β-unsaturated/α-hetero) is 1. The summed E-state index contributed by atoms with van der Waals surface area (Å²) in [5.41, 5.74) is -1.43. The molecule has 2 saturated carbocycles. The highest BCUT2D eigenvalue weighted by Gasteiger charge is 2.65. The molecule has 0 spiro atoms. The summed E-state index contributed by atoms with van der Waals surface area (Å²) in [7, 11) is 0. The number of carbonyl (C=O) groups is 2. The third kappa shape index (κ3) is 3.35. The molecule has 1 aliphatic heterocycles. The zero-order valence-corrected chi connectivity index (χ0v) is 17.8. The number of aliphatic hydroxyl groups excluding tert-OH is 1.